The molecule has 1 fully saturated rings. The third-order valence-corrected chi connectivity index (χ3v) is 4.20. The van der Waals surface area contributed by atoms with Crippen LogP contribution in [0.5, 0.6) is 0 Å². The molecule has 0 bridgehead atoms. The summed E-state index contributed by atoms with van der Waals surface area (Å²) in [5.41, 5.74) is 0.818. The topological polar surface area (TPSA) is 83.9 Å². The molecular formula is C14H11NO5S2. The lowest BCUT2D eigenvalue weighted by molar-refractivity contribution is -0.140. The van der Waals surface area contributed by atoms with Crippen molar-refractivity contribution in [1.82, 2.24) is 4.90 Å². The van der Waals surface area contributed by atoms with Crippen molar-refractivity contribution in [2.75, 3.05) is 13.7 Å². The number of thiocarbonyl (C=S) groups is 1. The Balaban J connectivity index is 2.35. The van der Waals surface area contributed by atoms with E-state index in [0.29, 0.717) is 11.1 Å². The summed E-state index contributed by atoms with van der Waals surface area (Å²) < 4.78 is 4.86. The summed E-state index contributed by atoms with van der Waals surface area (Å²) in [7, 11) is 1.27. The number of methoxy groups -OCH3 is 1. The third kappa shape index (κ3) is 3.34. The number of carboxylic acid groups (broad SMARTS) is 1. The molecule has 1 amide bonds. The van der Waals surface area contributed by atoms with E-state index in [9.17, 15) is 14.4 Å². The Kier molecular flexibility index (Phi) is 4.94. The number of aliphatic carboxylic acids is 1. The molecule has 22 heavy (non-hydrogen) atoms. The number of nitrogens with zero attached hydrogens (tertiary/aromatic N) is 1. The van der Waals surface area contributed by atoms with E-state index in [0.717, 1.165) is 16.7 Å². The molecule has 1 aliphatic heterocycles. The molecule has 114 valence electrons. The molecule has 0 saturated carbocycles. The molecule has 0 spiro atoms. The highest BCUT2D eigenvalue weighted by Crippen LogP contribution is 2.32. The first-order chi connectivity index (χ1) is 10.4. The number of rotatable bonds is 4. The first kappa shape index (κ1) is 16.2. The summed E-state index contributed by atoms with van der Waals surface area (Å²) in [5.74, 6) is -2.16. The highest BCUT2D eigenvalue weighted by molar-refractivity contribution is 8.26. The van der Waals surface area contributed by atoms with E-state index in [1.165, 1.54) is 13.2 Å². The Morgan fingerprint density at radius 3 is 2.73 bits per heavy atom. The van der Waals surface area contributed by atoms with E-state index in [2.05, 4.69) is 4.74 Å². The van der Waals surface area contributed by atoms with E-state index < -0.39 is 24.4 Å². The Hall–Kier alpha value is -2.19. The van der Waals surface area contributed by atoms with Crippen molar-refractivity contribution in [3.8, 4) is 0 Å². The van der Waals surface area contributed by atoms with Crippen LogP contribution < -0.4 is 0 Å². The molecule has 0 aromatic heterocycles. The fourth-order valence-corrected chi connectivity index (χ4v) is 3.08. The molecule has 0 radical (unpaired) electrons. The number of hydrogen-bond donors (Lipinski definition) is 1. The first-order valence-corrected chi connectivity index (χ1v) is 7.31. The highest BCUT2D eigenvalue weighted by atomic mass is 32.2. The molecule has 0 unspecified atom stereocenters. The van der Waals surface area contributed by atoms with Gasteiger partial charge in [-0.15, -0.1) is 0 Å². The molecule has 1 aromatic carbocycles. The molecule has 1 aromatic rings. The second-order valence-electron chi connectivity index (χ2n) is 4.24. The summed E-state index contributed by atoms with van der Waals surface area (Å²) in [6.45, 7) is -0.485. The van der Waals surface area contributed by atoms with Gasteiger partial charge in [0.1, 0.15) is 10.9 Å². The zero-order valence-electron chi connectivity index (χ0n) is 11.4. The number of hydrogen-bond acceptors (Lipinski definition) is 6. The quantitative estimate of drug-likeness (QED) is 0.509. The normalized spacial score (nSPS) is 16.2. The van der Waals surface area contributed by atoms with Crippen LogP contribution in [0, 0.1) is 0 Å². The largest absolute Gasteiger partial charge is 0.480 e. The lowest BCUT2D eigenvalue weighted by Gasteiger charge is -2.10. The van der Waals surface area contributed by atoms with Crippen molar-refractivity contribution in [2.45, 2.75) is 0 Å². The second kappa shape index (κ2) is 6.71. The van der Waals surface area contributed by atoms with Gasteiger partial charge in [-0.25, -0.2) is 4.79 Å². The van der Waals surface area contributed by atoms with E-state index in [-0.39, 0.29) is 9.23 Å². The maximum atomic E-state index is 12.2. The Morgan fingerprint density at radius 2 is 2.09 bits per heavy atom. The fourth-order valence-electron chi connectivity index (χ4n) is 1.83. The van der Waals surface area contributed by atoms with Crippen LogP contribution in [0.25, 0.3) is 6.08 Å². The lowest BCUT2D eigenvalue weighted by Crippen LogP contribution is -2.33. The van der Waals surface area contributed by atoms with Gasteiger partial charge in [-0.1, -0.05) is 42.2 Å². The van der Waals surface area contributed by atoms with Gasteiger partial charge in [-0.2, -0.15) is 0 Å². The molecule has 8 heteroatoms. The number of carbonyl (C=O) groups is 3. The van der Waals surface area contributed by atoms with Crippen molar-refractivity contribution in [3.63, 3.8) is 0 Å². The maximum absolute atomic E-state index is 12.2. The van der Waals surface area contributed by atoms with Gasteiger partial charge in [-0.05, 0) is 17.7 Å². The molecule has 2 rings (SSSR count). The van der Waals surface area contributed by atoms with Gasteiger partial charge in [0.15, 0.2) is 0 Å². The number of esters is 1. The zero-order valence-corrected chi connectivity index (χ0v) is 13.1. The monoisotopic (exact) mass is 337 g/mol. The average Bonchev–Trinajstić information content (AvgIpc) is 2.74. The zero-order chi connectivity index (χ0) is 16.3. The van der Waals surface area contributed by atoms with Gasteiger partial charge in [0, 0.05) is 0 Å². The molecular weight excluding hydrogens is 326 g/mol. The number of carboxylic acids is 1. The second-order valence-corrected chi connectivity index (χ2v) is 5.92. The number of thioether (sulfide) groups is 1. The van der Waals surface area contributed by atoms with Crippen molar-refractivity contribution < 1.29 is 24.2 Å². The van der Waals surface area contributed by atoms with Gasteiger partial charge >= 0.3 is 11.9 Å². The van der Waals surface area contributed by atoms with Gasteiger partial charge in [0.05, 0.1) is 17.6 Å². The minimum absolute atomic E-state index is 0.175. The van der Waals surface area contributed by atoms with Gasteiger partial charge in [-0.3, -0.25) is 14.5 Å². The molecule has 1 heterocycles. The van der Waals surface area contributed by atoms with Crippen molar-refractivity contribution in [3.05, 3.63) is 40.3 Å². The third-order valence-electron chi connectivity index (χ3n) is 2.82. The number of ether oxygens (including phenoxy) is 1. The van der Waals surface area contributed by atoms with E-state index in [1.807, 2.05) is 0 Å². The van der Waals surface area contributed by atoms with Crippen LogP contribution in [0.1, 0.15) is 15.9 Å². The summed E-state index contributed by atoms with van der Waals surface area (Å²) >= 11 is 6.01. The summed E-state index contributed by atoms with van der Waals surface area (Å²) in [6, 6.07) is 6.64. The van der Waals surface area contributed by atoms with Crippen LogP contribution in [-0.4, -0.2) is 45.8 Å². The molecule has 0 atom stereocenters. The van der Waals surface area contributed by atoms with E-state index >= 15 is 0 Å². The Labute approximate surface area is 135 Å². The Morgan fingerprint density at radius 1 is 1.41 bits per heavy atom. The fraction of sp³-hybridized carbons (Fsp3) is 0.143. The Bertz CT molecular complexity index is 698. The van der Waals surface area contributed by atoms with E-state index in [1.54, 1.807) is 24.3 Å². The number of amides is 1. The standard InChI is InChI=1S/C14H11NO5S2/c1-20-13(19)9-5-3-2-4-8(9)6-10-12(18)15(7-11(16)17)14(21)22-10/h2-6H,7H2,1H3,(H,16,17)/b10-6-. The molecule has 1 aliphatic rings. The number of benzene rings is 1. The van der Waals surface area contributed by atoms with Gasteiger partial charge in [0.2, 0.25) is 0 Å². The SMILES string of the molecule is COC(=O)c1ccccc1/C=C1\SC(=S)N(CC(=O)O)C1=O. The van der Waals surface area contributed by atoms with Gasteiger partial charge < -0.3 is 9.84 Å². The van der Waals surface area contributed by atoms with E-state index in [4.69, 9.17) is 17.3 Å². The minimum atomic E-state index is -1.15. The van der Waals surface area contributed by atoms with Gasteiger partial charge in [0.25, 0.3) is 5.91 Å². The predicted octanol–water partition coefficient (Wildman–Crippen LogP) is 1.76. The molecule has 1 N–H and O–H groups in total. The number of carbonyl (C=O) groups excluding carboxylic acids is 2. The van der Waals surface area contributed by atoms with Crippen LogP contribution in [0.4, 0.5) is 0 Å². The van der Waals surface area contributed by atoms with Crippen LogP contribution in [-0.2, 0) is 14.3 Å². The summed E-state index contributed by atoms with van der Waals surface area (Å²) in [5, 5.41) is 8.79. The van der Waals surface area contributed by atoms with Crippen molar-refractivity contribution in [1.29, 1.82) is 0 Å². The molecule has 0 aliphatic carbocycles. The van der Waals surface area contributed by atoms with Crippen molar-refractivity contribution in [2.24, 2.45) is 0 Å². The smallest absolute Gasteiger partial charge is 0.338 e. The molecule has 1 saturated heterocycles. The van der Waals surface area contributed by atoms with Crippen LogP contribution >= 0.6 is 24.0 Å². The molecule has 6 nitrogen and oxygen atoms in total. The maximum Gasteiger partial charge on any atom is 0.338 e. The summed E-state index contributed by atoms with van der Waals surface area (Å²) in [6.07, 6.45) is 1.51. The van der Waals surface area contributed by atoms with Crippen LogP contribution in [0.2, 0.25) is 0 Å². The highest BCUT2D eigenvalue weighted by Gasteiger charge is 2.33. The average molecular weight is 337 g/mol. The van der Waals surface area contributed by atoms with Crippen LogP contribution in [0.3, 0.4) is 0 Å². The van der Waals surface area contributed by atoms with Crippen LogP contribution in [0.15, 0.2) is 29.2 Å². The first-order valence-electron chi connectivity index (χ1n) is 6.08. The summed E-state index contributed by atoms with van der Waals surface area (Å²) in [4.78, 5) is 35.9. The minimum Gasteiger partial charge on any atom is -0.480 e. The van der Waals surface area contributed by atoms with Crippen molar-refractivity contribution >= 4 is 52.2 Å². The lowest BCUT2D eigenvalue weighted by atomic mass is 10.1. The predicted molar refractivity (Wildman–Crippen MR) is 85.3 cm³/mol.